The molecule has 4 aromatic carbocycles. The molecule has 6 aromatic rings. The summed E-state index contributed by atoms with van der Waals surface area (Å²) in [4.78, 5) is 8.01. The third-order valence-corrected chi connectivity index (χ3v) is 7.42. The molecular formula is C26H23N3S. The number of hydrogen-bond donors (Lipinski definition) is 1. The number of rotatable bonds is 2. The molecule has 1 N–H and O–H groups in total. The molecule has 0 aliphatic carbocycles. The van der Waals surface area contributed by atoms with Crippen LogP contribution < -0.4 is 9.80 Å². The van der Waals surface area contributed by atoms with Gasteiger partial charge in [0.05, 0.1) is 5.52 Å². The molecule has 2 heterocycles. The number of nitrogens with zero attached hydrogens (tertiary/aromatic N) is 2. The molecule has 0 saturated carbocycles. The van der Waals surface area contributed by atoms with Crippen molar-refractivity contribution in [2.75, 3.05) is 38.0 Å². The monoisotopic (exact) mass is 409 g/mol. The first-order valence-corrected chi connectivity index (χ1v) is 11.0. The summed E-state index contributed by atoms with van der Waals surface area (Å²) in [5.41, 5.74) is 4.88. The number of anilines is 2. The van der Waals surface area contributed by atoms with Crippen LogP contribution in [0.4, 0.5) is 11.4 Å². The highest BCUT2D eigenvalue weighted by atomic mass is 32.1. The first-order chi connectivity index (χ1) is 14.5. The van der Waals surface area contributed by atoms with Gasteiger partial charge < -0.3 is 14.8 Å². The van der Waals surface area contributed by atoms with E-state index in [9.17, 15) is 0 Å². The lowest BCUT2D eigenvalue weighted by Crippen LogP contribution is -2.07. The number of aromatic nitrogens is 1. The van der Waals surface area contributed by atoms with Crippen LogP contribution in [-0.2, 0) is 0 Å². The summed E-state index contributed by atoms with van der Waals surface area (Å²) in [6.45, 7) is 0. The molecule has 4 heteroatoms. The third kappa shape index (κ3) is 2.37. The molecule has 0 aliphatic rings. The Balaban J connectivity index is 1.68. The van der Waals surface area contributed by atoms with Crippen molar-refractivity contribution in [1.29, 1.82) is 0 Å². The Morgan fingerprint density at radius 3 is 1.87 bits per heavy atom. The van der Waals surface area contributed by atoms with Crippen molar-refractivity contribution in [2.24, 2.45) is 0 Å². The average Bonchev–Trinajstić information content (AvgIpc) is 3.30. The van der Waals surface area contributed by atoms with Crippen molar-refractivity contribution in [3.8, 4) is 0 Å². The molecule has 0 aliphatic heterocycles. The van der Waals surface area contributed by atoms with Gasteiger partial charge in [-0.2, -0.15) is 0 Å². The van der Waals surface area contributed by atoms with Crippen LogP contribution in [0.1, 0.15) is 0 Å². The van der Waals surface area contributed by atoms with Crippen LogP contribution in [-0.4, -0.2) is 33.2 Å². The number of fused-ring (bicyclic) bond motifs is 9. The van der Waals surface area contributed by atoms with E-state index in [-0.39, 0.29) is 0 Å². The predicted molar refractivity (Wildman–Crippen MR) is 135 cm³/mol. The fourth-order valence-corrected chi connectivity index (χ4v) is 5.75. The molecule has 3 nitrogen and oxygen atoms in total. The zero-order valence-corrected chi connectivity index (χ0v) is 18.4. The minimum Gasteiger partial charge on any atom is -0.378 e. The van der Waals surface area contributed by atoms with E-state index in [1.165, 1.54) is 64.1 Å². The first-order valence-electron chi connectivity index (χ1n) is 10.2. The molecule has 0 bridgehead atoms. The highest BCUT2D eigenvalue weighted by molar-refractivity contribution is 7.26. The predicted octanol–water partition coefficient (Wildman–Crippen LogP) is 6.97. The quantitative estimate of drug-likeness (QED) is 0.333. The van der Waals surface area contributed by atoms with E-state index in [1.54, 1.807) is 0 Å². The summed E-state index contributed by atoms with van der Waals surface area (Å²) in [6.07, 6.45) is 0. The van der Waals surface area contributed by atoms with E-state index in [4.69, 9.17) is 0 Å². The highest BCUT2D eigenvalue weighted by Gasteiger charge is 2.14. The number of benzene rings is 4. The summed E-state index contributed by atoms with van der Waals surface area (Å²) in [7, 11) is 8.37. The lowest BCUT2D eigenvalue weighted by atomic mass is 10.0. The lowest BCUT2D eigenvalue weighted by Gasteiger charge is -2.12. The molecule has 2 aromatic heterocycles. The molecule has 0 fully saturated rings. The summed E-state index contributed by atoms with van der Waals surface area (Å²) in [5.74, 6) is 0. The van der Waals surface area contributed by atoms with E-state index >= 15 is 0 Å². The molecule has 0 unspecified atom stereocenters. The summed E-state index contributed by atoms with van der Waals surface area (Å²) in [5, 5.41) is 7.88. The molecule has 0 amide bonds. The second-order valence-electron chi connectivity index (χ2n) is 8.45. The average molecular weight is 410 g/mol. The van der Waals surface area contributed by atoms with Gasteiger partial charge in [-0.1, -0.05) is 24.3 Å². The molecule has 0 saturated heterocycles. The Kier molecular flexibility index (Phi) is 3.60. The van der Waals surface area contributed by atoms with Gasteiger partial charge in [-0.25, -0.2) is 0 Å². The van der Waals surface area contributed by atoms with Crippen LogP contribution in [0.25, 0.3) is 52.8 Å². The van der Waals surface area contributed by atoms with Crippen molar-refractivity contribution >= 4 is 75.5 Å². The van der Waals surface area contributed by atoms with Crippen molar-refractivity contribution in [3.63, 3.8) is 0 Å². The molecule has 0 spiro atoms. The molecule has 30 heavy (non-hydrogen) atoms. The van der Waals surface area contributed by atoms with E-state index < -0.39 is 0 Å². The van der Waals surface area contributed by atoms with Gasteiger partial charge in [0.15, 0.2) is 0 Å². The minimum atomic E-state index is 1.19. The van der Waals surface area contributed by atoms with Crippen molar-refractivity contribution in [3.05, 3.63) is 60.7 Å². The van der Waals surface area contributed by atoms with E-state index in [2.05, 4.69) is 104 Å². The third-order valence-electron chi connectivity index (χ3n) is 6.20. The standard InChI is InChI=1S/C26H23N3S/c1-28(2)15-5-11-23-21(13-15)18-8-9-19-17(25(18)27-23)7-10-20-22-14-16(29(3)4)6-12-24(22)30-26(19)20/h5-14,27H,1-4H3. The van der Waals surface area contributed by atoms with Crippen LogP contribution in [0.5, 0.6) is 0 Å². The summed E-state index contributed by atoms with van der Waals surface area (Å²) in [6, 6.07) is 22.6. The maximum atomic E-state index is 3.69. The molecule has 0 radical (unpaired) electrons. The van der Waals surface area contributed by atoms with Gasteiger partial charge in [-0.15, -0.1) is 11.3 Å². The number of thiophene rings is 1. The molecule has 0 atom stereocenters. The Morgan fingerprint density at radius 2 is 1.17 bits per heavy atom. The van der Waals surface area contributed by atoms with Gasteiger partial charge in [-0.05, 0) is 36.4 Å². The smallest absolute Gasteiger partial charge is 0.0545 e. The zero-order valence-electron chi connectivity index (χ0n) is 17.6. The summed E-state index contributed by atoms with van der Waals surface area (Å²) < 4.78 is 2.71. The number of aromatic amines is 1. The number of hydrogen-bond acceptors (Lipinski definition) is 3. The van der Waals surface area contributed by atoms with Gasteiger partial charge in [-0.3, -0.25) is 0 Å². The van der Waals surface area contributed by atoms with Crippen LogP contribution in [0.15, 0.2) is 60.7 Å². The van der Waals surface area contributed by atoms with Crippen molar-refractivity contribution in [2.45, 2.75) is 0 Å². The largest absolute Gasteiger partial charge is 0.378 e. The Bertz CT molecular complexity index is 1480. The SMILES string of the molecule is CN(C)c1ccc2[nH]c3c(ccc4c3ccc3c5cc(N(C)C)ccc5sc34)c2c1. The van der Waals surface area contributed by atoms with Crippen LogP contribution in [0.2, 0.25) is 0 Å². The normalized spacial score (nSPS) is 12.0. The maximum Gasteiger partial charge on any atom is 0.0545 e. The van der Waals surface area contributed by atoms with Crippen LogP contribution in [0.3, 0.4) is 0 Å². The number of H-pyrrole nitrogens is 1. The van der Waals surface area contributed by atoms with Gasteiger partial charge in [0.1, 0.15) is 0 Å². The van der Waals surface area contributed by atoms with E-state index in [0.29, 0.717) is 0 Å². The molecular weight excluding hydrogens is 386 g/mol. The van der Waals surface area contributed by atoms with E-state index in [1.807, 2.05) is 11.3 Å². The molecule has 6 rings (SSSR count). The van der Waals surface area contributed by atoms with Gasteiger partial charge in [0.2, 0.25) is 0 Å². The summed E-state index contributed by atoms with van der Waals surface area (Å²) >= 11 is 1.89. The zero-order chi connectivity index (χ0) is 20.6. The minimum absolute atomic E-state index is 1.19. The van der Waals surface area contributed by atoms with Crippen LogP contribution >= 0.6 is 11.3 Å². The topological polar surface area (TPSA) is 22.3 Å². The van der Waals surface area contributed by atoms with Crippen LogP contribution in [0, 0.1) is 0 Å². The highest BCUT2D eigenvalue weighted by Crippen LogP contribution is 2.42. The maximum absolute atomic E-state index is 3.69. The van der Waals surface area contributed by atoms with Gasteiger partial charge in [0.25, 0.3) is 0 Å². The second-order valence-corrected chi connectivity index (χ2v) is 9.50. The second kappa shape index (κ2) is 6.13. The fourth-order valence-electron chi connectivity index (χ4n) is 4.54. The van der Waals surface area contributed by atoms with Gasteiger partial charge in [0, 0.05) is 86.8 Å². The van der Waals surface area contributed by atoms with E-state index in [0.717, 1.165) is 0 Å². The molecule has 148 valence electrons. The Labute approximate surface area is 179 Å². The lowest BCUT2D eigenvalue weighted by molar-refractivity contribution is 1.14. The number of nitrogens with one attached hydrogen (secondary N) is 1. The van der Waals surface area contributed by atoms with Gasteiger partial charge >= 0.3 is 0 Å². The van der Waals surface area contributed by atoms with Crippen molar-refractivity contribution < 1.29 is 0 Å². The fraction of sp³-hybridized carbons (Fsp3) is 0.154. The Morgan fingerprint density at radius 1 is 0.600 bits per heavy atom. The Hall–Kier alpha value is -3.24. The first kappa shape index (κ1) is 17.6. The van der Waals surface area contributed by atoms with Crippen molar-refractivity contribution in [1.82, 2.24) is 4.98 Å².